The average Bonchev–Trinajstić information content (AvgIpc) is 2.27. The molecule has 0 spiro atoms. The molecule has 5 N–H and O–H groups in total. The van der Waals surface area contributed by atoms with E-state index in [0.29, 0.717) is 0 Å². The summed E-state index contributed by atoms with van der Waals surface area (Å²) in [7, 11) is 1.48. The minimum absolute atomic E-state index is 0.302. The van der Waals surface area contributed by atoms with Crippen molar-refractivity contribution in [3.8, 4) is 0 Å². The first-order valence-corrected chi connectivity index (χ1v) is 5.37. The summed E-state index contributed by atoms with van der Waals surface area (Å²) in [5.41, 5.74) is 5.35. The van der Waals surface area contributed by atoms with E-state index in [4.69, 9.17) is 5.73 Å². The SMILES string of the molecule is CNC(=O)[C@H](C)NC(=O)[C@H](C)NC(=O)[C@H](C)N. The summed E-state index contributed by atoms with van der Waals surface area (Å²) < 4.78 is 0. The maximum atomic E-state index is 11.6. The fourth-order valence-electron chi connectivity index (χ4n) is 1.03. The fourth-order valence-corrected chi connectivity index (χ4v) is 1.03. The lowest BCUT2D eigenvalue weighted by atomic mass is 10.2. The van der Waals surface area contributed by atoms with E-state index in [-0.39, 0.29) is 5.91 Å². The number of nitrogens with two attached hydrogens (primary N) is 1. The molecule has 0 aromatic heterocycles. The van der Waals surface area contributed by atoms with Crippen molar-refractivity contribution in [3.63, 3.8) is 0 Å². The Morgan fingerprint density at radius 1 is 0.882 bits per heavy atom. The topological polar surface area (TPSA) is 113 Å². The lowest BCUT2D eigenvalue weighted by Gasteiger charge is -2.18. The molecule has 0 fully saturated rings. The summed E-state index contributed by atoms with van der Waals surface area (Å²) in [5, 5.41) is 7.31. The van der Waals surface area contributed by atoms with Crippen molar-refractivity contribution >= 4 is 17.7 Å². The standard InChI is InChI=1S/C10H20N4O3/c1-5(11)8(15)13-7(3)10(17)14-6(2)9(16)12-4/h5-7H,11H2,1-4H3,(H,12,16)(H,13,15)(H,14,17)/t5-,6-,7-/m0/s1. The summed E-state index contributed by atoms with van der Waals surface area (Å²) in [6.45, 7) is 4.59. The number of hydrogen-bond acceptors (Lipinski definition) is 4. The zero-order chi connectivity index (χ0) is 13.6. The quantitative estimate of drug-likeness (QED) is 0.452. The van der Waals surface area contributed by atoms with Gasteiger partial charge >= 0.3 is 0 Å². The Kier molecular flexibility index (Phi) is 6.19. The van der Waals surface area contributed by atoms with Crippen LogP contribution < -0.4 is 21.7 Å². The molecule has 0 aliphatic rings. The van der Waals surface area contributed by atoms with Gasteiger partial charge < -0.3 is 21.7 Å². The number of carbonyl (C=O) groups is 3. The van der Waals surface area contributed by atoms with Crippen LogP contribution in [0.4, 0.5) is 0 Å². The zero-order valence-corrected chi connectivity index (χ0v) is 10.5. The highest BCUT2D eigenvalue weighted by atomic mass is 16.2. The van der Waals surface area contributed by atoms with Crippen LogP contribution in [-0.2, 0) is 14.4 Å². The predicted octanol–water partition coefficient (Wildman–Crippen LogP) is -1.91. The molecule has 3 atom stereocenters. The van der Waals surface area contributed by atoms with Gasteiger partial charge in [0.2, 0.25) is 17.7 Å². The molecule has 7 heteroatoms. The third-order valence-corrected chi connectivity index (χ3v) is 2.16. The summed E-state index contributed by atoms with van der Waals surface area (Å²) in [6, 6.07) is -2.07. The molecule has 0 aromatic rings. The fraction of sp³-hybridized carbons (Fsp3) is 0.700. The van der Waals surface area contributed by atoms with E-state index in [1.54, 1.807) is 6.92 Å². The van der Waals surface area contributed by atoms with Crippen LogP contribution in [0.5, 0.6) is 0 Å². The number of nitrogens with one attached hydrogen (secondary N) is 3. The van der Waals surface area contributed by atoms with Gasteiger partial charge in [-0.15, -0.1) is 0 Å². The zero-order valence-electron chi connectivity index (χ0n) is 10.5. The number of amides is 3. The van der Waals surface area contributed by atoms with Crippen LogP contribution in [0.1, 0.15) is 20.8 Å². The molecule has 0 saturated heterocycles. The van der Waals surface area contributed by atoms with Crippen LogP contribution in [0.2, 0.25) is 0 Å². The Morgan fingerprint density at radius 2 is 1.29 bits per heavy atom. The summed E-state index contributed by atoms with van der Waals surface area (Å²) >= 11 is 0. The highest BCUT2D eigenvalue weighted by Crippen LogP contribution is 1.88. The number of carbonyl (C=O) groups excluding carboxylic acids is 3. The van der Waals surface area contributed by atoms with Crippen LogP contribution in [0.3, 0.4) is 0 Å². The lowest BCUT2D eigenvalue weighted by molar-refractivity contribution is -0.131. The predicted molar refractivity (Wildman–Crippen MR) is 62.9 cm³/mol. The van der Waals surface area contributed by atoms with Gasteiger partial charge in [0.1, 0.15) is 12.1 Å². The van der Waals surface area contributed by atoms with Gasteiger partial charge in [-0.1, -0.05) is 0 Å². The minimum Gasteiger partial charge on any atom is -0.357 e. The second-order valence-corrected chi connectivity index (χ2v) is 3.86. The van der Waals surface area contributed by atoms with Crippen LogP contribution in [0.15, 0.2) is 0 Å². The second kappa shape index (κ2) is 6.85. The number of rotatable bonds is 5. The van der Waals surface area contributed by atoms with Gasteiger partial charge in [0.05, 0.1) is 6.04 Å². The van der Waals surface area contributed by atoms with E-state index >= 15 is 0 Å². The van der Waals surface area contributed by atoms with E-state index in [1.807, 2.05) is 0 Å². The van der Waals surface area contributed by atoms with Crippen molar-refractivity contribution in [2.45, 2.75) is 38.9 Å². The summed E-state index contributed by atoms with van der Waals surface area (Å²) in [4.78, 5) is 34.0. The molecule has 7 nitrogen and oxygen atoms in total. The molecule has 0 unspecified atom stereocenters. The molecular weight excluding hydrogens is 224 g/mol. The summed E-state index contributed by atoms with van der Waals surface area (Å²) in [5.74, 6) is -1.15. The van der Waals surface area contributed by atoms with Crippen LogP contribution in [0, 0.1) is 0 Å². The molecule has 0 aliphatic carbocycles. The second-order valence-electron chi connectivity index (χ2n) is 3.86. The Labute approximate surface area is 100 Å². The largest absolute Gasteiger partial charge is 0.357 e. The van der Waals surface area contributed by atoms with Crippen molar-refractivity contribution in [2.24, 2.45) is 5.73 Å². The lowest BCUT2D eigenvalue weighted by Crippen LogP contribution is -2.53. The van der Waals surface area contributed by atoms with Gasteiger partial charge in [-0.2, -0.15) is 0 Å². The normalized spacial score (nSPS) is 15.4. The average molecular weight is 244 g/mol. The van der Waals surface area contributed by atoms with Gasteiger partial charge in [-0.05, 0) is 20.8 Å². The van der Waals surface area contributed by atoms with Gasteiger partial charge in [0.15, 0.2) is 0 Å². The van der Waals surface area contributed by atoms with Crippen LogP contribution in [0.25, 0.3) is 0 Å². The minimum atomic E-state index is -0.736. The Morgan fingerprint density at radius 3 is 1.71 bits per heavy atom. The first-order chi connectivity index (χ1) is 7.79. The summed E-state index contributed by atoms with van der Waals surface area (Å²) in [6.07, 6.45) is 0. The maximum Gasteiger partial charge on any atom is 0.242 e. The van der Waals surface area contributed by atoms with E-state index in [1.165, 1.54) is 20.9 Å². The first-order valence-electron chi connectivity index (χ1n) is 5.37. The number of hydrogen-bond donors (Lipinski definition) is 4. The van der Waals surface area contributed by atoms with E-state index in [2.05, 4.69) is 16.0 Å². The first kappa shape index (κ1) is 15.4. The Bertz CT molecular complexity index is 304. The van der Waals surface area contributed by atoms with Crippen molar-refractivity contribution in [1.29, 1.82) is 0 Å². The monoisotopic (exact) mass is 244 g/mol. The van der Waals surface area contributed by atoms with E-state index in [9.17, 15) is 14.4 Å². The molecule has 3 amide bonds. The molecule has 0 heterocycles. The van der Waals surface area contributed by atoms with Crippen molar-refractivity contribution in [1.82, 2.24) is 16.0 Å². The van der Waals surface area contributed by atoms with Crippen molar-refractivity contribution in [2.75, 3.05) is 7.05 Å². The molecule has 0 bridgehead atoms. The van der Waals surface area contributed by atoms with Crippen LogP contribution >= 0.6 is 0 Å². The molecule has 0 radical (unpaired) electrons. The van der Waals surface area contributed by atoms with Gasteiger partial charge in [-0.25, -0.2) is 0 Å². The van der Waals surface area contributed by atoms with Crippen molar-refractivity contribution < 1.29 is 14.4 Å². The number of likely N-dealkylation sites (N-methyl/N-ethyl adjacent to an activating group) is 1. The van der Waals surface area contributed by atoms with Gasteiger partial charge in [0, 0.05) is 7.05 Å². The Hall–Kier alpha value is -1.63. The van der Waals surface area contributed by atoms with E-state index < -0.39 is 29.9 Å². The molecule has 17 heavy (non-hydrogen) atoms. The van der Waals surface area contributed by atoms with Gasteiger partial charge in [-0.3, -0.25) is 14.4 Å². The molecule has 98 valence electrons. The third kappa shape index (κ3) is 5.30. The highest BCUT2D eigenvalue weighted by molar-refractivity contribution is 5.92. The molecule has 0 aliphatic heterocycles. The molecular formula is C10H20N4O3. The molecule has 0 saturated carbocycles. The Balaban J connectivity index is 4.23. The van der Waals surface area contributed by atoms with Crippen LogP contribution in [-0.4, -0.2) is 42.9 Å². The van der Waals surface area contributed by atoms with E-state index in [0.717, 1.165) is 0 Å². The molecule has 0 aromatic carbocycles. The third-order valence-electron chi connectivity index (χ3n) is 2.16. The molecule has 0 rings (SSSR count). The van der Waals surface area contributed by atoms with Crippen molar-refractivity contribution in [3.05, 3.63) is 0 Å². The van der Waals surface area contributed by atoms with Gasteiger partial charge in [0.25, 0.3) is 0 Å². The maximum absolute atomic E-state index is 11.6. The smallest absolute Gasteiger partial charge is 0.242 e. The highest BCUT2D eigenvalue weighted by Gasteiger charge is 2.21.